The van der Waals surface area contributed by atoms with Crippen LogP contribution in [0.15, 0.2) is 54.7 Å². The summed E-state index contributed by atoms with van der Waals surface area (Å²) in [7, 11) is 1.65. The number of benzene rings is 2. The predicted molar refractivity (Wildman–Crippen MR) is 236 cm³/mol. The number of rotatable bonds is 8. The second-order valence-electron chi connectivity index (χ2n) is 18.8. The molecule has 5 heterocycles. The van der Waals surface area contributed by atoms with E-state index in [9.17, 15) is 24.3 Å². The van der Waals surface area contributed by atoms with Gasteiger partial charge in [-0.15, -0.1) is 0 Å². The number of hydrogen-bond acceptors (Lipinski definition) is 9. The van der Waals surface area contributed by atoms with Crippen molar-refractivity contribution in [2.24, 2.45) is 17.3 Å². The maximum atomic E-state index is 14.6. The van der Waals surface area contributed by atoms with Crippen LogP contribution in [0.3, 0.4) is 0 Å². The number of phenolic OH excluding ortho intramolecular Hbond substituents is 1. The van der Waals surface area contributed by atoms with Gasteiger partial charge in [0.25, 0.3) is 5.91 Å². The standard InChI is InChI=1S/C48H63N7O6/c1-10-54-40-16-15-31-23-35(40)36(43(54)34-13-11-17-49-41(34)27(2)3)24-48(7,8)26-61-47(60)38-14-12-18-55(52-38)46(59)39(21-30-19-32(31)22-33(56)20-30)51-44(57)42(28(4)5)53(9)45(58)37-25-50-29(37)6/h11,13,15-17,19-20,22-23,27-29,37-39,42,50,52,56H,10,12,14,18,21,24-26H2,1-9H3,(H,51,57)/t29-,37+,38+,39+,42+/m1/s1. The van der Waals surface area contributed by atoms with Crippen LogP contribution in [0, 0.1) is 17.3 Å². The van der Waals surface area contributed by atoms with Crippen LogP contribution in [0.5, 0.6) is 5.75 Å². The number of esters is 1. The number of pyridine rings is 1. The number of likely N-dealkylation sites (N-methyl/N-ethyl adjacent to an activating group) is 1. The first-order chi connectivity index (χ1) is 29.0. The van der Waals surface area contributed by atoms with Crippen molar-refractivity contribution in [2.75, 3.05) is 26.7 Å². The summed E-state index contributed by atoms with van der Waals surface area (Å²) in [4.78, 5) is 62.7. The minimum Gasteiger partial charge on any atom is -0.508 e. The molecule has 3 aliphatic heterocycles. The van der Waals surface area contributed by atoms with E-state index in [1.165, 1.54) is 9.91 Å². The average Bonchev–Trinajstić information content (AvgIpc) is 3.52. The Balaban J connectivity index is 1.34. The molecule has 0 radical (unpaired) electrons. The smallest absolute Gasteiger partial charge is 0.324 e. The molecule has 61 heavy (non-hydrogen) atoms. The topological polar surface area (TPSA) is 158 Å². The van der Waals surface area contributed by atoms with Crippen molar-refractivity contribution in [3.8, 4) is 28.1 Å². The number of aryl methyl sites for hydroxylation is 1. The number of aromatic nitrogens is 2. The lowest BCUT2D eigenvalue weighted by Crippen LogP contribution is -2.63. The van der Waals surface area contributed by atoms with Gasteiger partial charge in [0.1, 0.15) is 23.9 Å². The van der Waals surface area contributed by atoms with Gasteiger partial charge in [0.05, 0.1) is 23.9 Å². The molecular weight excluding hydrogens is 771 g/mol. The number of carbonyl (C=O) groups excluding carboxylic acids is 4. The van der Waals surface area contributed by atoms with Crippen LogP contribution >= 0.6 is 0 Å². The summed E-state index contributed by atoms with van der Waals surface area (Å²) < 4.78 is 8.44. The maximum absolute atomic E-state index is 14.6. The summed E-state index contributed by atoms with van der Waals surface area (Å²) in [5, 5.41) is 20.0. The number of hydrazine groups is 1. The Morgan fingerprint density at radius 3 is 2.52 bits per heavy atom. The van der Waals surface area contributed by atoms with E-state index < -0.39 is 41.3 Å². The zero-order valence-corrected chi connectivity index (χ0v) is 37.2. The number of carbonyl (C=O) groups is 4. The lowest BCUT2D eigenvalue weighted by molar-refractivity contribution is -0.155. The van der Waals surface area contributed by atoms with E-state index in [1.807, 2.05) is 39.1 Å². The van der Waals surface area contributed by atoms with Gasteiger partial charge in [0.15, 0.2) is 0 Å². The van der Waals surface area contributed by atoms with E-state index in [0.29, 0.717) is 44.5 Å². The van der Waals surface area contributed by atoms with Gasteiger partial charge in [-0.3, -0.25) is 29.2 Å². The van der Waals surface area contributed by atoms with Crippen LogP contribution in [0.2, 0.25) is 0 Å². The average molecular weight is 834 g/mol. The molecule has 4 N–H and O–H groups in total. The number of amides is 3. The second kappa shape index (κ2) is 17.6. The van der Waals surface area contributed by atoms with E-state index in [-0.39, 0.29) is 48.5 Å². The van der Waals surface area contributed by atoms with Crippen molar-refractivity contribution in [1.82, 2.24) is 35.5 Å². The summed E-state index contributed by atoms with van der Waals surface area (Å²) in [5.41, 5.74) is 10.2. The molecule has 3 amide bonds. The Morgan fingerprint density at radius 1 is 1.08 bits per heavy atom. The Bertz CT molecular complexity index is 2320. The number of aromatic hydroxyl groups is 1. The fourth-order valence-corrected chi connectivity index (χ4v) is 9.45. The minimum atomic E-state index is -1.10. The quantitative estimate of drug-likeness (QED) is 0.157. The third kappa shape index (κ3) is 8.90. The molecule has 2 saturated heterocycles. The van der Waals surface area contributed by atoms with Gasteiger partial charge in [-0.25, -0.2) is 5.43 Å². The zero-order valence-electron chi connectivity index (χ0n) is 37.2. The number of fused-ring (bicyclic) bond motifs is 6. The summed E-state index contributed by atoms with van der Waals surface area (Å²) in [6.45, 7) is 18.1. The van der Waals surface area contributed by atoms with Gasteiger partial charge in [0, 0.05) is 67.2 Å². The van der Waals surface area contributed by atoms with Gasteiger partial charge >= 0.3 is 5.97 Å². The first-order valence-corrected chi connectivity index (χ1v) is 22.0. The van der Waals surface area contributed by atoms with Crippen LogP contribution in [-0.4, -0.2) is 99.2 Å². The highest BCUT2D eigenvalue weighted by molar-refractivity contribution is 5.96. The molecule has 13 heteroatoms. The Hall–Kier alpha value is -5.27. The van der Waals surface area contributed by atoms with Crippen molar-refractivity contribution in [3.63, 3.8) is 0 Å². The van der Waals surface area contributed by atoms with Gasteiger partial charge in [-0.05, 0) is 104 Å². The molecule has 7 rings (SSSR count). The van der Waals surface area contributed by atoms with Crippen LogP contribution in [0.1, 0.15) is 91.0 Å². The third-order valence-electron chi connectivity index (χ3n) is 12.7. The minimum absolute atomic E-state index is 0.00445. The highest BCUT2D eigenvalue weighted by Crippen LogP contribution is 2.42. The summed E-state index contributed by atoms with van der Waals surface area (Å²) in [5.74, 6) is -1.75. The Kier molecular flexibility index (Phi) is 12.6. The molecular formula is C48H63N7O6. The molecule has 0 unspecified atom stereocenters. The lowest BCUT2D eigenvalue weighted by atomic mass is 9.83. The summed E-state index contributed by atoms with van der Waals surface area (Å²) in [6.07, 6.45) is 3.50. The van der Waals surface area contributed by atoms with E-state index in [0.717, 1.165) is 44.5 Å². The largest absolute Gasteiger partial charge is 0.508 e. The maximum Gasteiger partial charge on any atom is 0.324 e. The molecule has 13 nitrogen and oxygen atoms in total. The highest BCUT2D eigenvalue weighted by atomic mass is 16.5. The molecule has 0 spiro atoms. The predicted octanol–water partition coefficient (Wildman–Crippen LogP) is 5.96. The fraction of sp³-hybridized carbons (Fsp3) is 0.521. The molecule has 0 saturated carbocycles. The Labute approximate surface area is 359 Å². The van der Waals surface area contributed by atoms with Crippen molar-refractivity contribution < 1.29 is 29.0 Å². The molecule has 5 atom stereocenters. The van der Waals surface area contributed by atoms with Gasteiger partial charge in [-0.2, -0.15) is 0 Å². The van der Waals surface area contributed by atoms with Crippen LogP contribution < -0.4 is 16.1 Å². The van der Waals surface area contributed by atoms with E-state index >= 15 is 0 Å². The van der Waals surface area contributed by atoms with Crippen LogP contribution in [0.25, 0.3) is 33.3 Å². The molecule has 3 aliphatic rings. The van der Waals surface area contributed by atoms with Crippen LogP contribution in [-0.2, 0) is 43.3 Å². The van der Waals surface area contributed by atoms with E-state index in [1.54, 1.807) is 19.2 Å². The highest BCUT2D eigenvalue weighted by Gasteiger charge is 2.41. The van der Waals surface area contributed by atoms with Crippen molar-refractivity contribution in [1.29, 1.82) is 0 Å². The molecule has 4 aromatic rings. The lowest BCUT2D eigenvalue weighted by Gasteiger charge is -2.40. The van der Waals surface area contributed by atoms with Crippen molar-refractivity contribution in [3.05, 3.63) is 71.5 Å². The van der Waals surface area contributed by atoms with E-state index in [2.05, 4.69) is 79.5 Å². The molecule has 2 aromatic heterocycles. The fourth-order valence-electron chi connectivity index (χ4n) is 9.45. The van der Waals surface area contributed by atoms with Crippen molar-refractivity contribution in [2.45, 2.75) is 118 Å². The van der Waals surface area contributed by atoms with Gasteiger partial charge in [0.2, 0.25) is 11.8 Å². The summed E-state index contributed by atoms with van der Waals surface area (Å²) >= 11 is 0. The van der Waals surface area contributed by atoms with Gasteiger partial charge in [-0.1, -0.05) is 53.7 Å². The molecule has 2 fully saturated rings. The number of phenols is 1. The summed E-state index contributed by atoms with van der Waals surface area (Å²) in [6, 6.07) is 13.1. The van der Waals surface area contributed by atoms with Crippen molar-refractivity contribution >= 4 is 34.6 Å². The normalized spacial score (nSPS) is 22.4. The first-order valence-electron chi connectivity index (χ1n) is 22.0. The third-order valence-corrected chi connectivity index (χ3v) is 12.7. The van der Waals surface area contributed by atoms with E-state index in [4.69, 9.17) is 9.72 Å². The van der Waals surface area contributed by atoms with Crippen LogP contribution in [0.4, 0.5) is 0 Å². The molecule has 6 bridgehead atoms. The number of cyclic esters (lactones) is 1. The number of ether oxygens (including phenoxy) is 1. The molecule has 2 aromatic carbocycles. The first kappa shape index (κ1) is 43.8. The monoisotopic (exact) mass is 833 g/mol. The Morgan fingerprint density at radius 2 is 1.85 bits per heavy atom. The molecule has 0 aliphatic carbocycles. The van der Waals surface area contributed by atoms with Gasteiger partial charge < -0.3 is 29.9 Å². The number of nitrogens with zero attached hydrogens (tertiary/aromatic N) is 4. The SMILES string of the molecule is CCn1c(-c2cccnc2C(C)C)c2c3cc(ccc31)-c1cc(O)cc(c1)C[C@H](NC(=O)[C@H](C(C)C)N(C)C(=O)[C@H]1CN[C@@H]1C)C(=O)N1CCC[C@H](N1)C(=O)OCC(C)(C)C2. The number of nitrogens with one attached hydrogen (secondary N) is 3. The second-order valence-corrected chi connectivity index (χ2v) is 18.8. The zero-order chi connectivity index (χ0) is 43.9. The molecule has 326 valence electrons. The number of hydrogen-bond donors (Lipinski definition) is 4.